The average molecular weight is 382 g/mol. The topological polar surface area (TPSA) is 55.4 Å². The van der Waals surface area contributed by atoms with Gasteiger partial charge in [-0.05, 0) is 17.7 Å². The van der Waals surface area contributed by atoms with Crippen LogP contribution in [0.3, 0.4) is 0 Å². The zero-order chi connectivity index (χ0) is 15.0. The minimum absolute atomic E-state index is 0.195. The van der Waals surface area contributed by atoms with E-state index in [0.717, 1.165) is 22.5 Å². The van der Waals surface area contributed by atoms with Crippen LogP contribution in [0.15, 0.2) is 27.6 Å². The molecule has 20 heavy (non-hydrogen) atoms. The van der Waals surface area contributed by atoms with Gasteiger partial charge < -0.3 is 10.1 Å². The van der Waals surface area contributed by atoms with Gasteiger partial charge in [-0.25, -0.2) is 8.42 Å². The van der Waals surface area contributed by atoms with Gasteiger partial charge in [0.05, 0.1) is 12.4 Å². The van der Waals surface area contributed by atoms with E-state index < -0.39 is 9.84 Å². The summed E-state index contributed by atoms with van der Waals surface area (Å²) in [4.78, 5) is 1.10. The van der Waals surface area contributed by atoms with E-state index in [-0.39, 0.29) is 5.75 Å². The highest BCUT2D eigenvalue weighted by Gasteiger charge is 2.07. The van der Waals surface area contributed by atoms with Crippen molar-refractivity contribution in [1.29, 1.82) is 0 Å². The molecule has 0 atom stereocenters. The highest BCUT2D eigenvalue weighted by atomic mass is 79.9. The minimum atomic E-state index is -2.91. The van der Waals surface area contributed by atoms with Gasteiger partial charge in [-0.1, -0.05) is 22.0 Å². The van der Waals surface area contributed by atoms with Crippen molar-refractivity contribution in [3.63, 3.8) is 0 Å². The average Bonchev–Trinajstić information content (AvgIpc) is 2.35. The molecule has 0 fully saturated rings. The van der Waals surface area contributed by atoms with Crippen LogP contribution in [0, 0.1) is 0 Å². The summed E-state index contributed by atoms with van der Waals surface area (Å²) in [6.45, 7) is 2.21. The Morgan fingerprint density at radius 1 is 1.40 bits per heavy atom. The Hall–Kier alpha value is -0.0800. The number of thioether (sulfide) groups is 1. The van der Waals surface area contributed by atoms with Crippen LogP contribution < -0.4 is 5.32 Å². The van der Waals surface area contributed by atoms with E-state index >= 15 is 0 Å². The van der Waals surface area contributed by atoms with Gasteiger partial charge in [-0.2, -0.15) is 0 Å². The summed E-state index contributed by atoms with van der Waals surface area (Å²) in [6, 6.07) is 6.07. The molecule has 0 aliphatic carbocycles. The van der Waals surface area contributed by atoms with E-state index in [2.05, 4.69) is 21.2 Å². The maximum Gasteiger partial charge on any atom is 0.148 e. The van der Waals surface area contributed by atoms with Crippen LogP contribution in [-0.2, 0) is 21.1 Å². The largest absolute Gasteiger partial charge is 0.383 e. The molecule has 7 heteroatoms. The molecule has 0 bridgehead atoms. The Labute approximate surface area is 133 Å². The molecule has 0 aliphatic heterocycles. The Kier molecular flexibility index (Phi) is 8.13. The maximum absolute atomic E-state index is 11.2. The molecule has 0 amide bonds. The number of hydrogen-bond donors (Lipinski definition) is 1. The van der Waals surface area contributed by atoms with Crippen molar-refractivity contribution in [3.8, 4) is 0 Å². The Balaban J connectivity index is 2.60. The van der Waals surface area contributed by atoms with Crippen molar-refractivity contribution < 1.29 is 13.2 Å². The summed E-state index contributed by atoms with van der Waals surface area (Å²) < 4.78 is 28.3. The van der Waals surface area contributed by atoms with Gasteiger partial charge in [0, 0.05) is 41.6 Å². The molecule has 0 saturated heterocycles. The fourth-order valence-electron chi connectivity index (χ4n) is 1.51. The number of benzene rings is 1. The second-order valence-corrected chi connectivity index (χ2v) is 8.71. The molecule has 114 valence electrons. The fraction of sp³-hybridized carbons (Fsp3) is 0.538. The van der Waals surface area contributed by atoms with E-state index in [9.17, 15) is 8.42 Å². The van der Waals surface area contributed by atoms with Gasteiger partial charge in [0.15, 0.2) is 0 Å². The Morgan fingerprint density at radius 3 is 2.80 bits per heavy atom. The van der Waals surface area contributed by atoms with Gasteiger partial charge in [0.1, 0.15) is 9.84 Å². The SMILES string of the molecule is COCCNCc1ccc(Br)cc1SCCS(C)(=O)=O. The highest BCUT2D eigenvalue weighted by molar-refractivity contribution is 9.10. The predicted molar refractivity (Wildman–Crippen MR) is 88.2 cm³/mol. The summed E-state index contributed by atoms with van der Waals surface area (Å²) in [7, 11) is -1.23. The quantitative estimate of drug-likeness (QED) is 0.525. The lowest BCUT2D eigenvalue weighted by atomic mass is 10.2. The van der Waals surface area contributed by atoms with Crippen molar-refractivity contribution in [3.05, 3.63) is 28.2 Å². The van der Waals surface area contributed by atoms with E-state index in [0.29, 0.717) is 12.4 Å². The van der Waals surface area contributed by atoms with Crippen molar-refractivity contribution >= 4 is 37.5 Å². The van der Waals surface area contributed by atoms with E-state index in [4.69, 9.17) is 4.74 Å². The zero-order valence-electron chi connectivity index (χ0n) is 11.7. The normalized spacial score (nSPS) is 11.8. The first kappa shape index (κ1) is 18.0. The van der Waals surface area contributed by atoms with Gasteiger partial charge in [-0.15, -0.1) is 11.8 Å². The van der Waals surface area contributed by atoms with Crippen molar-refractivity contribution in [2.75, 3.05) is 38.0 Å². The molecule has 0 aliphatic rings. The standard InChI is InChI=1S/C13H20BrNO3S2/c1-18-6-5-15-10-11-3-4-12(14)9-13(11)19-7-8-20(2,16)17/h3-4,9,15H,5-8,10H2,1-2H3. The predicted octanol–water partition coefficient (Wildman–Crippen LogP) is 2.32. The van der Waals surface area contributed by atoms with Crippen LogP contribution in [0.5, 0.6) is 0 Å². The number of sulfone groups is 1. The van der Waals surface area contributed by atoms with Crippen molar-refractivity contribution in [2.24, 2.45) is 0 Å². The summed E-state index contributed by atoms with van der Waals surface area (Å²) in [5, 5.41) is 3.30. The van der Waals surface area contributed by atoms with Crippen molar-refractivity contribution in [2.45, 2.75) is 11.4 Å². The number of hydrogen-bond acceptors (Lipinski definition) is 5. The molecule has 1 N–H and O–H groups in total. The van der Waals surface area contributed by atoms with Gasteiger partial charge in [0.25, 0.3) is 0 Å². The van der Waals surface area contributed by atoms with E-state index in [1.807, 2.05) is 18.2 Å². The third-order valence-corrected chi connectivity index (χ3v) is 5.34. The van der Waals surface area contributed by atoms with Crippen LogP contribution in [0.2, 0.25) is 0 Å². The number of nitrogens with one attached hydrogen (secondary N) is 1. The lowest BCUT2D eigenvalue weighted by Crippen LogP contribution is -2.19. The van der Waals surface area contributed by atoms with Crippen LogP contribution in [0.4, 0.5) is 0 Å². The molecule has 1 aromatic carbocycles. The first-order valence-electron chi connectivity index (χ1n) is 6.21. The van der Waals surface area contributed by atoms with Gasteiger partial charge in [0.2, 0.25) is 0 Å². The summed E-state index contributed by atoms with van der Waals surface area (Å²) >= 11 is 5.02. The van der Waals surface area contributed by atoms with E-state index in [1.54, 1.807) is 18.9 Å². The second-order valence-electron chi connectivity index (χ2n) is 4.40. The molecule has 0 aromatic heterocycles. The molecule has 4 nitrogen and oxygen atoms in total. The number of methoxy groups -OCH3 is 1. The Bertz CT molecular complexity index is 520. The van der Waals surface area contributed by atoms with Crippen LogP contribution in [-0.4, -0.2) is 46.4 Å². The van der Waals surface area contributed by atoms with E-state index in [1.165, 1.54) is 11.8 Å². The fourth-order valence-corrected chi connectivity index (χ4v) is 4.32. The zero-order valence-corrected chi connectivity index (χ0v) is 14.9. The molecule has 0 unspecified atom stereocenters. The molecular weight excluding hydrogens is 362 g/mol. The Morgan fingerprint density at radius 2 is 2.15 bits per heavy atom. The number of ether oxygens (including phenoxy) is 1. The minimum Gasteiger partial charge on any atom is -0.383 e. The molecule has 0 heterocycles. The van der Waals surface area contributed by atoms with Crippen LogP contribution in [0.1, 0.15) is 5.56 Å². The molecule has 0 radical (unpaired) electrons. The smallest absolute Gasteiger partial charge is 0.148 e. The molecule has 0 spiro atoms. The number of halogens is 1. The first-order chi connectivity index (χ1) is 9.42. The summed E-state index contributed by atoms with van der Waals surface area (Å²) in [5.74, 6) is 0.765. The monoisotopic (exact) mass is 381 g/mol. The first-order valence-corrected chi connectivity index (χ1v) is 10.0. The molecule has 0 saturated carbocycles. The van der Waals surface area contributed by atoms with Crippen molar-refractivity contribution in [1.82, 2.24) is 5.32 Å². The lowest BCUT2D eigenvalue weighted by molar-refractivity contribution is 0.199. The lowest BCUT2D eigenvalue weighted by Gasteiger charge is -2.11. The summed E-state index contributed by atoms with van der Waals surface area (Å²) in [6.07, 6.45) is 1.27. The third-order valence-electron chi connectivity index (χ3n) is 2.54. The van der Waals surface area contributed by atoms with Gasteiger partial charge in [-0.3, -0.25) is 0 Å². The molecular formula is C13H20BrNO3S2. The highest BCUT2D eigenvalue weighted by Crippen LogP contribution is 2.26. The summed E-state index contributed by atoms with van der Waals surface area (Å²) in [5.41, 5.74) is 1.17. The third kappa shape index (κ3) is 7.64. The maximum atomic E-state index is 11.2. The van der Waals surface area contributed by atoms with Gasteiger partial charge >= 0.3 is 0 Å². The number of rotatable bonds is 9. The molecule has 1 rings (SSSR count). The molecule has 1 aromatic rings. The van der Waals surface area contributed by atoms with Crippen LogP contribution >= 0.6 is 27.7 Å². The van der Waals surface area contributed by atoms with Crippen LogP contribution in [0.25, 0.3) is 0 Å². The second kappa shape index (κ2) is 9.04.